The van der Waals surface area contributed by atoms with Crippen molar-refractivity contribution in [2.24, 2.45) is 5.92 Å². The van der Waals surface area contributed by atoms with E-state index in [9.17, 15) is 0 Å². The van der Waals surface area contributed by atoms with Gasteiger partial charge >= 0.3 is 0 Å². The van der Waals surface area contributed by atoms with Crippen LogP contribution in [0.3, 0.4) is 0 Å². The first kappa shape index (κ1) is 15.6. The molecular formula is C14H21Cl2NO. The van der Waals surface area contributed by atoms with Crippen molar-refractivity contribution in [1.82, 2.24) is 5.32 Å². The lowest BCUT2D eigenvalue weighted by Crippen LogP contribution is -2.33. The summed E-state index contributed by atoms with van der Waals surface area (Å²) in [5, 5.41) is 4.58. The zero-order valence-corrected chi connectivity index (χ0v) is 12.7. The molecule has 0 bridgehead atoms. The van der Waals surface area contributed by atoms with E-state index in [0.29, 0.717) is 21.7 Å². The van der Waals surface area contributed by atoms with Crippen molar-refractivity contribution in [3.8, 4) is 5.75 Å². The van der Waals surface area contributed by atoms with Gasteiger partial charge in [0, 0.05) is 11.6 Å². The van der Waals surface area contributed by atoms with Gasteiger partial charge in [0.05, 0.1) is 5.02 Å². The van der Waals surface area contributed by atoms with Crippen molar-refractivity contribution < 1.29 is 4.74 Å². The molecule has 18 heavy (non-hydrogen) atoms. The largest absolute Gasteiger partial charge is 0.488 e. The number of halogens is 2. The van der Waals surface area contributed by atoms with E-state index in [2.05, 4.69) is 26.1 Å². The van der Waals surface area contributed by atoms with Crippen LogP contribution in [0.25, 0.3) is 0 Å². The summed E-state index contributed by atoms with van der Waals surface area (Å²) in [6.07, 6.45) is 1.06. The number of hydrogen-bond acceptors (Lipinski definition) is 2. The Labute approximate surface area is 120 Å². The van der Waals surface area contributed by atoms with Crippen molar-refractivity contribution in [2.75, 3.05) is 13.1 Å². The summed E-state index contributed by atoms with van der Waals surface area (Å²) in [4.78, 5) is 0. The van der Waals surface area contributed by atoms with E-state index < -0.39 is 0 Å². The zero-order valence-electron chi connectivity index (χ0n) is 11.2. The first-order chi connectivity index (χ1) is 8.52. The lowest BCUT2D eigenvalue weighted by Gasteiger charge is -2.19. The van der Waals surface area contributed by atoms with E-state index >= 15 is 0 Å². The van der Waals surface area contributed by atoms with E-state index in [1.807, 2.05) is 6.07 Å². The molecule has 1 aromatic carbocycles. The standard InChI is InChI=1S/C14H21Cl2NO/c1-4-12(9-17-8-10(2)3)18-14-6-5-11(15)7-13(14)16/h5-7,10,12,17H,4,8-9H2,1-3H3. The van der Waals surface area contributed by atoms with Gasteiger partial charge in [0.1, 0.15) is 11.9 Å². The van der Waals surface area contributed by atoms with E-state index in [4.69, 9.17) is 27.9 Å². The molecule has 0 aromatic heterocycles. The van der Waals surface area contributed by atoms with Crippen molar-refractivity contribution >= 4 is 23.2 Å². The third kappa shape index (κ3) is 5.47. The molecule has 0 amide bonds. The zero-order chi connectivity index (χ0) is 13.5. The molecule has 0 radical (unpaired) electrons. The summed E-state index contributed by atoms with van der Waals surface area (Å²) in [6, 6.07) is 5.31. The van der Waals surface area contributed by atoms with Crippen LogP contribution in [0.5, 0.6) is 5.75 Å². The lowest BCUT2D eigenvalue weighted by atomic mass is 10.2. The highest BCUT2D eigenvalue weighted by atomic mass is 35.5. The lowest BCUT2D eigenvalue weighted by molar-refractivity contribution is 0.192. The molecule has 0 aliphatic rings. The second-order valence-corrected chi connectivity index (χ2v) is 5.62. The van der Waals surface area contributed by atoms with Crippen LogP contribution in [0.4, 0.5) is 0 Å². The topological polar surface area (TPSA) is 21.3 Å². The predicted molar refractivity (Wildman–Crippen MR) is 78.9 cm³/mol. The van der Waals surface area contributed by atoms with Crippen molar-refractivity contribution in [3.63, 3.8) is 0 Å². The average Bonchev–Trinajstić information content (AvgIpc) is 2.30. The molecule has 0 saturated carbocycles. The number of ether oxygens (including phenoxy) is 1. The van der Waals surface area contributed by atoms with Crippen molar-refractivity contribution in [3.05, 3.63) is 28.2 Å². The van der Waals surface area contributed by atoms with Gasteiger partial charge < -0.3 is 10.1 Å². The SMILES string of the molecule is CCC(CNCC(C)C)Oc1ccc(Cl)cc1Cl. The summed E-state index contributed by atoms with van der Waals surface area (Å²) in [7, 11) is 0. The van der Waals surface area contributed by atoms with Crippen LogP contribution < -0.4 is 10.1 Å². The monoisotopic (exact) mass is 289 g/mol. The number of hydrogen-bond donors (Lipinski definition) is 1. The molecular weight excluding hydrogens is 269 g/mol. The van der Waals surface area contributed by atoms with Crippen LogP contribution >= 0.6 is 23.2 Å². The summed E-state index contributed by atoms with van der Waals surface area (Å²) < 4.78 is 5.88. The summed E-state index contributed by atoms with van der Waals surface area (Å²) >= 11 is 11.9. The second-order valence-electron chi connectivity index (χ2n) is 4.77. The Bertz CT molecular complexity index is 369. The molecule has 1 atom stereocenters. The number of benzene rings is 1. The predicted octanol–water partition coefficient (Wildman–Crippen LogP) is 4.40. The summed E-state index contributed by atoms with van der Waals surface area (Å²) in [6.45, 7) is 8.29. The highest BCUT2D eigenvalue weighted by molar-refractivity contribution is 6.35. The Kier molecular flexibility index (Phi) is 6.83. The van der Waals surface area contributed by atoms with Crippen molar-refractivity contribution in [2.45, 2.75) is 33.3 Å². The van der Waals surface area contributed by atoms with E-state index in [1.165, 1.54) is 0 Å². The van der Waals surface area contributed by atoms with Gasteiger partial charge in [-0.3, -0.25) is 0 Å². The first-order valence-electron chi connectivity index (χ1n) is 6.35. The number of rotatable bonds is 7. The summed E-state index contributed by atoms with van der Waals surface area (Å²) in [5.74, 6) is 1.33. The Balaban J connectivity index is 2.51. The molecule has 0 heterocycles. The molecule has 1 N–H and O–H groups in total. The second kappa shape index (κ2) is 7.88. The van der Waals surface area contributed by atoms with E-state index in [1.54, 1.807) is 12.1 Å². The van der Waals surface area contributed by atoms with Gasteiger partial charge in [-0.05, 0) is 37.1 Å². The normalized spacial score (nSPS) is 12.8. The Hall–Kier alpha value is -0.440. The molecule has 0 saturated heterocycles. The van der Waals surface area contributed by atoms with Gasteiger partial charge in [0.2, 0.25) is 0 Å². The minimum atomic E-state index is 0.127. The van der Waals surface area contributed by atoms with Crippen LogP contribution in [0.1, 0.15) is 27.2 Å². The maximum absolute atomic E-state index is 6.09. The fourth-order valence-corrected chi connectivity index (χ4v) is 2.01. The van der Waals surface area contributed by atoms with Gasteiger partial charge in [-0.1, -0.05) is 44.0 Å². The molecule has 1 unspecified atom stereocenters. The number of nitrogens with one attached hydrogen (secondary N) is 1. The molecule has 0 aliphatic carbocycles. The molecule has 0 fully saturated rings. The molecule has 0 aliphatic heterocycles. The quantitative estimate of drug-likeness (QED) is 0.803. The molecule has 4 heteroatoms. The van der Waals surface area contributed by atoms with Crippen LogP contribution in [0.2, 0.25) is 10.0 Å². The van der Waals surface area contributed by atoms with Gasteiger partial charge in [-0.15, -0.1) is 0 Å². The van der Waals surface area contributed by atoms with Gasteiger partial charge in [0.15, 0.2) is 0 Å². The van der Waals surface area contributed by atoms with Crippen LogP contribution in [0, 0.1) is 5.92 Å². The minimum Gasteiger partial charge on any atom is -0.488 e. The smallest absolute Gasteiger partial charge is 0.138 e. The van der Waals surface area contributed by atoms with Gasteiger partial charge in [-0.2, -0.15) is 0 Å². The third-order valence-electron chi connectivity index (χ3n) is 2.57. The highest BCUT2D eigenvalue weighted by Crippen LogP contribution is 2.28. The maximum atomic E-state index is 6.09. The van der Waals surface area contributed by atoms with Crippen LogP contribution in [0.15, 0.2) is 18.2 Å². The fraction of sp³-hybridized carbons (Fsp3) is 0.571. The Morgan fingerprint density at radius 1 is 1.22 bits per heavy atom. The first-order valence-corrected chi connectivity index (χ1v) is 7.11. The van der Waals surface area contributed by atoms with Crippen LogP contribution in [-0.2, 0) is 0 Å². The van der Waals surface area contributed by atoms with Crippen molar-refractivity contribution in [1.29, 1.82) is 0 Å². The highest BCUT2D eigenvalue weighted by Gasteiger charge is 2.10. The molecule has 1 rings (SSSR count). The molecule has 102 valence electrons. The van der Waals surface area contributed by atoms with E-state index in [0.717, 1.165) is 19.5 Å². The third-order valence-corrected chi connectivity index (χ3v) is 3.10. The maximum Gasteiger partial charge on any atom is 0.138 e. The van der Waals surface area contributed by atoms with Gasteiger partial charge in [-0.25, -0.2) is 0 Å². The average molecular weight is 290 g/mol. The van der Waals surface area contributed by atoms with E-state index in [-0.39, 0.29) is 6.10 Å². The Morgan fingerprint density at radius 2 is 1.94 bits per heavy atom. The molecule has 2 nitrogen and oxygen atoms in total. The minimum absolute atomic E-state index is 0.127. The van der Waals surface area contributed by atoms with Gasteiger partial charge in [0.25, 0.3) is 0 Å². The fourth-order valence-electron chi connectivity index (χ4n) is 1.55. The molecule has 1 aromatic rings. The molecule has 0 spiro atoms. The van der Waals surface area contributed by atoms with Crippen LogP contribution in [-0.4, -0.2) is 19.2 Å². The summed E-state index contributed by atoms with van der Waals surface area (Å²) in [5.41, 5.74) is 0. The Morgan fingerprint density at radius 3 is 2.50 bits per heavy atom.